The fourth-order valence-corrected chi connectivity index (χ4v) is 2.76. The summed E-state index contributed by atoms with van der Waals surface area (Å²) in [5, 5.41) is 30.0. The Bertz CT molecular complexity index is 940. The van der Waals surface area contributed by atoms with E-state index in [1.165, 1.54) is 13.0 Å². The lowest BCUT2D eigenvalue weighted by Gasteiger charge is -2.27. The Balaban J connectivity index is 2.79. The summed E-state index contributed by atoms with van der Waals surface area (Å²) in [5.41, 5.74) is 4.55. The molecule has 0 aliphatic carbocycles. The van der Waals surface area contributed by atoms with Crippen molar-refractivity contribution in [2.75, 3.05) is 6.61 Å². The second-order valence-corrected chi connectivity index (χ2v) is 5.45. The zero-order valence-corrected chi connectivity index (χ0v) is 14.4. The first-order valence-electron chi connectivity index (χ1n) is 7.70. The highest BCUT2D eigenvalue weighted by molar-refractivity contribution is 5.96. The van der Waals surface area contributed by atoms with E-state index >= 15 is 0 Å². The van der Waals surface area contributed by atoms with Gasteiger partial charge in [0.15, 0.2) is 0 Å². The Labute approximate surface area is 153 Å². The molecule has 140 valence electrons. The number of hydrogen-bond donors (Lipinski definition) is 2. The van der Waals surface area contributed by atoms with Gasteiger partial charge in [0.25, 0.3) is 5.69 Å². The highest BCUT2D eigenvalue weighted by Crippen LogP contribution is 2.41. The quantitative estimate of drug-likeness (QED) is 0.445. The minimum Gasteiger partial charge on any atom is -0.478 e. The number of esters is 1. The monoisotopic (exact) mass is 373 g/mol. The summed E-state index contributed by atoms with van der Waals surface area (Å²) in [7, 11) is 0. The highest BCUT2D eigenvalue weighted by atomic mass is 16.6. The van der Waals surface area contributed by atoms with Crippen molar-refractivity contribution in [3.63, 3.8) is 0 Å². The second-order valence-electron chi connectivity index (χ2n) is 5.45. The molecule has 0 spiro atoms. The average molecular weight is 373 g/mol. The zero-order chi connectivity index (χ0) is 20.3. The van der Waals surface area contributed by atoms with Crippen molar-refractivity contribution in [1.29, 1.82) is 5.26 Å². The molecule has 1 aromatic carbocycles. The Hall–Kier alpha value is -3.87. The maximum absolute atomic E-state index is 12.4. The number of carboxylic acids is 1. The number of allylic oxidation sites excluding steroid dienone is 2. The van der Waals surface area contributed by atoms with Crippen molar-refractivity contribution < 1.29 is 29.1 Å². The zero-order valence-electron chi connectivity index (χ0n) is 14.4. The van der Waals surface area contributed by atoms with E-state index in [-0.39, 0.29) is 35.0 Å². The number of rotatable bonds is 5. The molecule has 2 rings (SSSR count). The van der Waals surface area contributed by atoms with Crippen molar-refractivity contribution >= 4 is 17.6 Å². The largest absolute Gasteiger partial charge is 0.478 e. The first kappa shape index (κ1) is 19.5. The normalized spacial score (nSPS) is 16.4. The number of hydrogen-bond acceptors (Lipinski definition) is 8. The number of ether oxygens (including phenoxy) is 2. The lowest BCUT2D eigenvalue weighted by atomic mass is 9.81. The summed E-state index contributed by atoms with van der Waals surface area (Å²) >= 11 is 0. The molecule has 1 aliphatic rings. The van der Waals surface area contributed by atoms with Crippen molar-refractivity contribution in [1.82, 2.24) is 0 Å². The maximum atomic E-state index is 12.4. The van der Waals surface area contributed by atoms with Gasteiger partial charge in [-0.1, -0.05) is 6.07 Å². The standard InChI is InChI=1S/C17H15N3O7/c1-3-26-17(23)13-8(2)27-15(19)12(7-18)14(13)10-5-4-9(20(24)25)6-11(10)16(21)22/h4-6,14H,3,19H2,1-2H3,(H,21,22). The second kappa shape index (κ2) is 7.57. The van der Waals surface area contributed by atoms with Gasteiger partial charge in [-0.15, -0.1) is 0 Å². The topological polar surface area (TPSA) is 166 Å². The van der Waals surface area contributed by atoms with E-state index in [1.54, 1.807) is 6.92 Å². The van der Waals surface area contributed by atoms with E-state index in [9.17, 15) is 30.1 Å². The number of benzene rings is 1. The van der Waals surface area contributed by atoms with Crippen LogP contribution in [-0.4, -0.2) is 28.6 Å². The molecule has 3 N–H and O–H groups in total. The molecule has 0 fully saturated rings. The molecule has 27 heavy (non-hydrogen) atoms. The fourth-order valence-electron chi connectivity index (χ4n) is 2.76. The van der Waals surface area contributed by atoms with E-state index in [1.807, 2.05) is 6.07 Å². The lowest BCUT2D eigenvalue weighted by molar-refractivity contribution is -0.384. The van der Waals surface area contributed by atoms with Gasteiger partial charge in [0, 0.05) is 12.1 Å². The minimum atomic E-state index is -1.46. The van der Waals surface area contributed by atoms with E-state index in [0.717, 1.165) is 12.1 Å². The SMILES string of the molecule is CCOC(=O)C1=C(C)OC(N)=C(C#N)C1c1ccc([N+](=O)[O-])cc1C(=O)O. The molecule has 0 amide bonds. The molecule has 1 aliphatic heterocycles. The molecule has 0 bridgehead atoms. The first-order valence-corrected chi connectivity index (χ1v) is 7.70. The molecular formula is C17H15N3O7. The van der Waals surface area contributed by atoms with E-state index in [4.69, 9.17) is 15.2 Å². The van der Waals surface area contributed by atoms with Gasteiger partial charge in [-0.25, -0.2) is 9.59 Å². The minimum absolute atomic E-state index is 0.0155. The number of carbonyl (C=O) groups excluding carboxylic acids is 1. The number of nitro benzene ring substituents is 1. The van der Waals surface area contributed by atoms with Gasteiger partial charge in [0.05, 0.1) is 28.6 Å². The summed E-state index contributed by atoms with van der Waals surface area (Å²) in [6.07, 6.45) is 0. The molecule has 10 heteroatoms. The van der Waals surface area contributed by atoms with Crippen molar-refractivity contribution in [2.24, 2.45) is 5.73 Å². The predicted octanol–water partition coefficient (Wildman–Crippen LogP) is 1.94. The van der Waals surface area contributed by atoms with Crippen molar-refractivity contribution in [3.8, 4) is 6.07 Å². The molecule has 1 heterocycles. The summed E-state index contributed by atoms with van der Waals surface area (Å²) in [6, 6.07) is 4.93. The molecule has 0 saturated carbocycles. The molecule has 10 nitrogen and oxygen atoms in total. The third kappa shape index (κ3) is 3.57. The Morgan fingerprint density at radius 3 is 2.67 bits per heavy atom. The van der Waals surface area contributed by atoms with Gasteiger partial charge in [0.1, 0.15) is 17.4 Å². The number of nitro groups is 1. The van der Waals surface area contributed by atoms with Crippen LogP contribution in [-0.2, 0) is 14.3 Å². The van der Waals surface area contributed by atoms with E-state index in [0.29, 0.717) is 0 Å². The summed E-state index contributed by atoms with van der Waals surface area (Å²) < 4.78 is 10.2. The van der Waals surface area contributed by atoms with Crippen LogP contribution < -0.4 is 5.73 Å². The van der Waals surface area contributed by atoms with Crippen molar-refractivity contribution in [3.05, 3.63) is 62.2 Å². The highest BCUT2D eigenvalue weighted by Gasteiger charge is 2.38. The number of aromatic carboxylic acids is 1. The van der Waals surface area contributed by atoms with Crippen LogP contribution in [0.1, 0.15) is 35.7 Å². The van der Waals surface area contributed by atoms with Gasteiger partial charge < -0.3 is 20.3 Å². The van der Waals surface area contributed by atoms with Gasteiger partial charge in [-0.05, 0) is 19.4 Å². The molecule has 0 saturated heterocycles. The molecule has 1 aromatic rings. The Morgan fingerprint density at radius 1 is 1.48 bits per heavy atom. The molecular weight excluding hydrogens is 358 g/mol. The number of carbonyl (C=O) groups is 2. The Kier molecular flexibility index (Phi) is 5.45. The van der Waals surface area contributed by atoms with E-state index < -0.39 is 34.0 Å². The smallest absolute Gasteiger partial charge is 0.338 e. The van der Waals surface area contributed by atoms with Crippen LogP contribution in [0, 0.1) is 21.4 Å². The van der Waals surface area contributed by atoms with Crippen LogP contribution in [0.4, 0.5) is 5.69 Å². The molecule has 1 unspecified atom stereocenters. The summed E-state index contributed by atoms with van der Waals surface area (Å²) in [4.78, 5) is 34.3. The van der Waals surface area contributed by atoms with Crippen LogP contribution in [0.15, 0.2) is 41.0 Å². The predicted molar refractivity (Wildman–Crippen MR) is 90.0 cm³/mol. The number of nitrogens with two attached hydrogens (primary N) is 1. The molecule has 0 radical (unpaired) electrons. The molecule has 0 aromatic heterocycles. The van der Waals surface area contributed by atoms with E-state index in [2.05, 4.69) is 0 Å². The maximum Gasteiger partial charge on any atom is 0.338 e. The van der Waals surface area contributed by atoms with Crippen LogP contribution in [0.3, 0.4) is 0 Å². The van der Waals surface area contributed by atoms with Crippen molar-refractivity contribution in [2.45, 2.75) is 19.8 Å². The summed E-state index contributed by atoms with van der Waals surface area (Å²) in [5.74, 6) is -3.71. The summed E-state index contributed by atoms with van der Waals surface area (Å²) in [6.45, 7) is 3.04. The van der Waals surface area contributed by atoms with Crippen LogP contribution in [0.25, 0.3) is 0 Å². The van der Waals surface area contributed by atoms with Crippen LogP contribution in [0.2, 0.25) is 0 Å². The van der Waals surface area contributed by atoms with Crippen LogP contribution >= 0.6 is 0 Å². The van der Waals surface area contributed by atoms with Gasteiger partial charge in [0.2, 0.25) is 5.88 Å². The van der Waals surface area contributed by atoms with Crippen LogP contribution in [0.5, 0.6) is 0 Å². The number of carboxylic acid groups (broad SMARTS) is 1. The lowest BCUT2D eigenvalue weighted by Crippen LogP contribution is -2.26. The third-order valence-electron chi connectivity index (χ3n) is 3.89. The fraction of sp³-hybridized carbons (Fsp3) is 0.235. The van der Waals surface area contributed by atoms with Gasteiger partial charge in [-0.2, -0.15) is 5.26 Å². The number of non-ortho nitro benzene ring substituents is 1. The average Bonchev–Trinajstić information content (AvgIpc) is 2.60. The van der Waals surface area contributed by atoms with Gasteiger partial charge in [-0.3, -0.25) is 10.1 Å². The third-order valence-corrected chi connectivity index (χ3v) is 3.89. The van der Waals surface area contributed by atoms with Gasteiger partial charge >= 0.3 is 11.9 Å². The first-order chi connectivity index (χ1) is 12.7. The Morgan fingerprint density at radius 2 is 2.15 bits per heavy atom. The molecule has 1 atom stereocenters. The number of nitriles is 1. The number of nitrogens with zero attached hydrogens (tertiary/aromatic N) is 2.